The lowest BCUT2D eigenvalue weighted by molar-refractivity contribution is 0.102. The minimum absolute atomic E-state index is 0.325. The van der Waals surface area contributed by atoms with Gasteiger partial charge in [-0.25, -0.2) is 4.68 Å². The topological polar surface area (TPSA) is 83.9 Å². The lowest BCUT2D eigenvalue weighted by atomic mass is 9.91. The Morgan fingerprint density at radius 1 is 1.08 bits per heavy atom. The molecule has 192 valence electrons. The first-order chi connectivity index (χ1) is 18.9. The fourth-order valence-corrected chi connectivity index (χ4v) is 5.50. The first kappa shape index (κ1) is 25.0. The second kappa shape index (κ2) is 10.1. The molecule has 2 heterocycles. The van der Waals surface area contributed by atoms with E-state index in [0.717, 1.165) is 39.4 Å². The van der Waals surface area contributed by atoms with Gasteiger partial charge in [-0.1, -0.05) is 59.6 Å². The maximum atomic E-state index is 13.7. The highest BCUT2D eigenvalue weighted by atomic mass is 35.5. The lowest BCUT2D eigenvalue weighted by Crippen LogP contribution is -2.16. The number of aromatic nitrogens is 2. The lowest BCUT2D eigenvalue weighted by Gasteiger charge is -2.16. The monoisotopic (exact) mass is 552 g/mol. The van der Waals surface area contributed by atoms with Crippen molar-refractivity contribution in [3.8, 4) is 23.0 Å². The SMILES string of the molecule is Cc1cc(C(C#N)c2ccc(Cl)cc2)c(Cl)cc1NC(=O)c1nn(-c2ccccc2)c2c1CCc1occc1-2. The second-order valence-electron chi connectivity index (χ2n) is 9.44. The molecule has 1 atom stereocenters. The summed E-state index contributed by atoms with van der Waals surface area (Å²) >= 11 is 12.7. The van der Waals surface area contributed by atoms with Crippen molar-refractivity contribution in [3.05, 3.63) is 123 Å². The van der Waals surface area contributed by atoms with Crippen molar-refractivity contribution in [2.45, 2.75) is 25.7 Å². The van der Waals surface area contributed by atoms with Crippen LogP contribution < -0.4 is 5.32 Å². The minimum Gasteiger partial charge on any atom is -0.469 e. The van der Waals surface area contributed by atoms with Gasteiger partial charge in [0.25, 0.3) is 5.91 Å². The number of anilines is 1. The number of hydrogen-bond acceptors (Lipinski definition) is 4. The highest BCUT2D eigenvalue weighted by Gasteiger charge is 2.31. The van der Waals surface area contributed by atoms with Gasteiger partial charge in [-0.2, -0.15) is 10.4 Å². The number of carbonyl (C=O) groups is 1. The summed E-state index contributed by atoms with van der Waals surface area (Å²) in [6.07, 6.45) is 3.00. The van der Waals surface area contributed by atoms with Crippen LogP contribution in [0.2, 0.25) is 10.0 Å². The summed E-state index contributed by atoms with van der Waals surface area (Å²) in [5, 5.41) is 18.7. The first-order valence-corrected chi connectivity index (χ1v) is 13.2. The summed E-state index contributed by atoms with van der Waals surface area (Å²) in [4.78, 5) is 13.7. The minimum atomic E-state index is -0.573. The van der Waals surface area contributed by atoms with E-state index in [9.17, 15) is 10.1 Å². The predicted octanol–water partition coefficient (Wildman–Crippen LogP) is 7.75. The van der Waals surface area contributed by atoms with E-state index in [-0.39, 0.29) is 5.91 Å². The number of hydrogen-bond donors (Lipinski definition) is 1. The van der Waals surface area contributed by atoms with E-state index in [2.05, 4.69) is 11.4 Å². The van der Waals surface area contributed by atoms with Crippen LogP contribution in [-0.4, -0.2) is 15.7 Å². The zero-order valence-electron chi connectivity index (χ0n) is 20.9. The third-order valence-electron chi connectivity index (χ3n) is 7.04. The van der Waals surface area contributed by atoms with Crippen molar-refractivity contribution in [1.82, 2.24) is 9.78 Å². The Kier molecular flexibility index (Phi) is 6.48. The number of amides is 1. The summed E-state index contributed by atoms with van der Waals surface area (Å²) in [5.74, 6) is -0.0113. The molecule has 8 heteroatoms. The van der Waals surface area contributed by atoms with Crippen LogP contribution in [0.25, 0.3) is 16.9 Å². The number of nitrogens with one attached hydrogen (secondary N) is 1. The van der Waals surface area contributed by atoms with Crippen molar-refractivity contribution < 1.29 is 9.21 Å². The molecule has 0 bridgehead atoms. The van der Waals surface area contributed by atoms with Crippen molar-refractivity contribution in [2.24, 2.45) is 0 Å². The summed E-state index contributed by atoms with van der Waals surface area (Å²) in [7, 11) is 0. The highest BCUT2D eigenvalue weighted by Crippen LogP contribution is 2.38. The van der Waals surface area contributed by atoms with E-state index in [1.54, 1.807) is 24.5 Å². The Morgan fingerprint density at radius 3 is 2.59 bits per heavy atom. The average molecular weight is 553 g/mol. The van der Waals surface area contributed by atoms with Gasteiger partial charge in [0.2, 0.25) is 0 Å². The normalized spacial score (nSPS) is 12.8. The van der Waals surface area contributed by atoms with E-state index >= 15 is 0 Å². The molecule has 1 amide bonds. The van der Waals surface area contributed by atoms with Gasteiger partial charge >= 0.3 is 0 Å². The highest BCUT2D eigenvalue weighted by molar-refractivity contribution is 6.32. The first-order valence-electron chi connectivity index (χ1n) is 12.4. The molecule has 0 fully saturated rings. The van der Waals surface area contributed by atoms with E-state index in [1.165, 1.54) is 0 Å². The smallest absolute Gasteiger partial charge is 0.276 e. The molecule has 0 saturated heterocycles. The van der Waals surface area contributed by atoms with Gasteiger partial charge in [0.15, 0.2) is 5.69 Å². The number of para-hydroxylation sites is 1. The zero-order valence-corrected chi connectivity index (χ0v) is 22.4. The quantitative estimate of drug-likeness (QED) is 0.241. The van der Waals surface area contributed by atoms with Gasteiger partial charge in [0.1, 0.15) is 5.76 Å². The number of aryl methyl sites for hydroxylation is 2. The maximum absolute atomic E-state index is 13.7. The van der Waals surface area contributed by atoms with Crippen molar-refractivity contribution in [1.29, 1.82) is 5.26 Å². The van der Waals surface area contributed by atoms with Gasteiger partial charge in [-0.15, -0.1) is 0 Å². The Balaban J connectivity index is 1.36. The average Bonchev–Trinajstić information content (AvgIpc) is 3.58. The summed E-state index contributed by atoms with van der Waals surface area (Å²) < 4.78 is 7.50. The van der Waals surface area contributed by atoms with Crippen molar-refractivity contribution >= 4 is 34.8 Å². The Hall–Kier alpha value is -4.31. The molecule has 0 spiro atoms. The molecule has 39 heavy (non-hydrogen) atoms. The van der Waals surface area contributed by atoms with Crippen LogP contribution in [0.4, 0.5) is 5.69 Å². The summed E-state index contributed by atoms with van der Waals surface area (Å²) in [5.41, 5.74) is 6.69. The number of nitriles is 1. The third-order valence-corrected chi connectivity index (χ3v) is 7.62. The fraction of sp³-hybridized carbons (Fsp3) is 0.129. The molecular weight excluding hydrogens is 531 g/mol. The van der Waals surface area contributed by atoms with E-state index in [1.807, 2.05) is 66.2 Å². The van der Waals surface area contributed by atoms with Crippen LogP contribution in [0.15, 0.2) is 83.5 Å². The Morgan fingerprint density at radius 2 is 1.85 bits per heavy atom. The largest absolute Gasteiger partial charge is 0.469 e. The molecular formula is C31H22Cl2N4O2. The van der Waals surface area contributed by atoms with Crippen LogP contribution in [0.1, 0.15) is 44.4 Å². The van der Waals surface area contributed by atoms with Gasteiger partial charge in [0.05, 0.1) is 29.6 Å². The maximum Gasteiger partial charge on any atom is 0.276 e. The Bertz CT molecular complexity index is 1750. The van der Waals surface area contributed by atoms with E-state index < -0.39 is 5.92 Å². The van der Waals surface area contributed by atoms with Gasteiger partial charge in [-0.05, 0) is 66.4 Å². The predicted molar refractivity (Wildman–Crippen MR) is 152 cm³/mol. The standard InChI is InChI=1S/C31H22Cl2N4O2/c1-18-15-24(25(17-34)19-7-9-20(32)10-8-19)26(33)16-27(18)35-31(38)29-23-11-12-28-22(13-14-39-28)30(23)37(36-29)21-5-3-2-4-6-21/h2-10,13-16,25H,11-12H2,1H3,(H,35,38). The molecule has 1 N–H and O–H groups in total. The number of carbonyl (C=O) groups excluding carboxylic acids is 1. The third kappa shape index (κ3) is 4.50. The Labute approximate surface area is 235 Å². The number of benzene rings is 3. The van der Waals surface area contributed by atoms with Crippen LogP contribution >= 0.6 is 23.2 Å². The van der Waals surface area contributed by atoms with Gasteiger partial charge in [-0.3, -0.25) is 4.79 Å². The number of halogens is 2. The van der Waals surface area contributed by atoms with Crippen LogP contribution in [0.3, 0.4) is 0 Å². The molecule has 6 nitrogen and oxygen atoms in total. The molecule has 3 aromatic carbocycles. The molecule has 0 saturated carbocycles. The van der Waals surface area contributed by atoms with Crippen LogP contribution in [0.5, 0.6) is 0 Å². The number of furan rings is 1. The summed E-state index contributed by atoms with van der Waals surface area (Å²) in [6.45, 7) is 1.88. The molecule has 1 aliphatic rings. The van der Waals surface area contributed by atoms with Crippen molar-refractivity contribution in [3.63, 3.8) is 0 Å². The van der Waals surface area contributed by atoms with Crippen LogP contribution in [-0.2, 0) is 12.8 Å². The molecule has 0 radical (unpaired) electrons. The second-order valence-corrected chi connectivity index (χ2v) is 10.3. The van der Waals surface area contributed by atoms with Crippen LogP contribution in [0, 0.1) is 18.3 Å². The fourth-order valence-electron chi connectivity index (χ4n) is 5.11. The molecule has 5 aromatic rings. The number of fused-ring (bicyclic) bond motifs is 3. The number of nitrogens with zero attached hydrogens (tertiary/aromatic N) is 3. The van der Waals surface area contributed by atoms with Gasteiger partial charge in [0, 0.05) is 33.3 Å². The summed E-state index contributed by atoms with van der Waals surface area (Å²) in [6, 6.07) is 24.6. The van der Waals surface area contributed by atoms with E-state index in [0.29, 0.717) is 39.8 Å². The van der Waals surface area contributed by atoms with E-state index in [4.69, 9.17) is 32.7 Å². The molecule has 6 rings (SSSR count). The van der Waals surface area contributed by atoms with Crippen molar-refractivity contribution in [2.75, 3.05) is 5.32 Å². The molecule has 2 aromatic heterocycles. The van der Waals surface area contributed by atoms with Gasteiger partial charge < -0.3 is 9.73 Å². The molecule has 0 aliphatic heterocycles. The number of rotatable bonds is 5. The molecule has 1 unspecified atom stereocenters. The zero-order chi connectivity index (χ0) is 27.1. The molecule has 1 aliphatic carbocycles.